The molecule has 24 nitrogen and oxygen atoms in total. The molecule has 44 heavy (non-hydrogen) atoms. The van der Waals surface area contributed by atoms with Crippen LogP contribution in [-0.4, -0.2) is 67.8 Å². The molecule has 3 aromatic rings. The second-order valence-electron chi connectivity index (χ2n) is 7.16. The van der Waals surface area contributed by atoms with Crippen LogP contribution in [0.1, 0.15) is 0 Å². The Bertz CT molecular complexity index is 2030. The van der Waals surface area contributed by atoms with E-state index in [0.717, 1.165) is 0 Å². The Labute approximate surface area is 258 Å². The van der Waals surface area contributed by atoms with Crippen LogP contribution in [0.4, 0.5) is 23.0 Å². The molecule has 236 valence electrons. The van der Waals surface area contributed by atoms with Crippen LogP contribution in [0.15, 0.2) is 56.7 Å². The minimum absolute atomic E-state index is 0. The summed E-state index contributed by atoms with van der Waals surface area (Å²) in [5, 5.41) is 49.8. The monoisotopic (exact) mass is 702 g/mol. The van der Waals surface area contributed by atoms with E-state index in [2.05, 4.69) is 47.1 Å². The Morgan fingerprint density at radius 1 is 0.795 bits per heavy atom. The molecule has 0 atom stereocenters. The van der Waals surface area contributed by atoms with Crippen molar-refractivity contribution in [2.45, 2.75) is 0 Å². The van der Waals surface area contributed by atoms with Gasteiger partial charge in [-0.2, -0.15) is 26.6 Å². The van der Waals surface area contributed by atoms with Crippen molar-refractivity contribution in [2.24, 2.45) is 20.3 Å². The molecule has 0 radical (unpaired) electrons. The van der Waals surface area contributed by atoms with Crippen LogP contribution in [0.3, 0.4) is 0 Å². The molecule has 0 bridgehead atoms. The number of aliphatic hydroxyl groups excluding tert-OH is 1. The normalized spacial score (nSPS) is 12.9. The number of hydrogen-bond donors (Lipinski definition) is 12. The number of aromatic hydroxyl groups is 3. The maximum absolute atomic E-state index is 11.6. The van der Waals surface area contributed by atoms with Crippen LogP contribution in [0.25, 0.3) is 4.95 Å². The fourth-order valence-electron chi connectivity index (χ4n) is 2.60. The van der Waals surface area contributed by atoms with Crippen molar-refractivity contribution in [3.05, 3.63) is 76.0 Å². The predicted molar refractivity (Wildman–Crippen MR) is 138 cm³/mol. The van der Waals surface area contributed by atoms with E-state index in [1.165, 1.54) is 0 Å². The van der Waals surface area contributed by atoms with Crippen molar-refractivity contribution in [3.63, 3.8) is 0 Å². The largest absolute Gasteiger partial charge is 0.493 e. The molecule has 0 unspecified atom stereocenters. The van der Waals surface area contributed by atoms with Crippen LogP contribution >= 0.6 is 0 Å². The number of hydrazone groups is 1. The van der Waals surface area contributed by atoms with E-state index in [4.69, 9.17) is 6.57 Å². The molecular formula is C18H14N14Ni2O10. The maximum atomic E-state index is 11.6. The second kappa shape index (κ2) is 15.1. The molecule has 4 heterocycles. The van der Waals surface area contributed by atoms with Crippen molar-refractivity contribution in [3.8, 4) is 17.6 Å². The summed E-state index contributed by atoms with van der Waals surface area (Å²) in [7, 11) is 0. The van der Waals surface area contributed by atoms with Crippen molar-refractivity contribution in [1.29, 1.82) is 0 Å². The van der Waals surface area contributed by atoms with Gasteiger partial charge in [-0.3, -0.25) is 49.5 Å². The summed E-state index contributed by atoms with van der Waals surface area (Å²) in [4.78, 5) is 86.6. The van der Waals surface area contributed by atoms with Gasteiger partial charge >= 0.3 is 11.4 Å². The third-order valence-electron chi connectivity index (χ3n) is 4.31. The van der Waals surface area contributed by atoms with Crippen LogP contribution in [0, 0.1) is 6.57 Å². The fourth-order valence-corrected chi connectivity index (χ4v) is 2.60. The first-order chi connectivity index (χ1) is 19.8. The van der Waals surface area contributed by atoms with Crippen LogP contribution in [-0.2, 0) is 37.8 Å². The van der Waals surface area contributed by atoms with Gasteiger partial charge in [0.1, 0.15) is 5.82 Å². The molecule has 4 rings (SSSR count). The number of carbonyl (C=O) groups is 1. The number of aliphatic hydroxyl groups is 1. The topological polar surface area (TPSA) is 365 Å². The van der Waals surface area contributed by atoms with E-state index >= 15 is 0 Å². The molecule has 0 aromatic carbocycles. The number of azo groups is 1. The predicted octanol–water partition coefficient (Wildman–Crippen LogP) is -2.69. The summed E-state index contributed by atoms with van der Waals surface area (Å²) in [6.45, 7) is 9.84. The number of nitrogens with zero attached hydrogens (tertiary/aromatic N) is 6. The molecule has 26 heteroatoms. The number of nitrogens with one attached hydrogen (secondary N) is 8. The van der Waals surface area contributed by atoms with Gasteiger partial charge in [-0.25, -0.2) is 9.59 Å². The van der Waals surface area contributed by atoms with E-state index in [-0.39, 0.29) is 44.8 Å². The Hall–Kier alpha value is -6.33. The summed E-state index contributed by atoms with van der Waals surface area (Å²) in [5.74, 6) is -4.42. The minimum atomic E-state index is -1.06. The van der Waals surface area contributed by atoms with E-state index in [1.54, 1.807) is 4.98 Å². The molecule has 3 aromatic heterocycles. The van der Waals surface area contributed by atoms with Crippen LogP contribution < -0.4 is 44.2 Å². The van der Waals surface area contributed by atoms with E-state index in [9.17, 15) is 49.2 Å². The molecule has 0 fully saturated rings. The number of amides is 1. The van der Waals surface area contributed by atoms with Crippen molar-refractivity contribution >= 4 is 40.5 Å². The first kappa shape index (κ1) is 35.7. The molecule has 0 saturated heterocycles. The summed E-state index contributed by atoms with van der Waals surface area (Å²) >= 11 is 0. The number of aliphatic imine (C=N–C) groups is 1. The van der Waals surface area contributed by atoms with E-state index in [1.807, 2.05) is 25.8 Å². The third-order valence-corrected chi connectivity index (χ3v) is 4.31. The van der Waals surface area contributed by atoms with Gasteiger partial charge in [-0.1, -0.05) is 12.0 Å². The Kier molecular flexibility index (Phi) is 12.2. The summed E-state index contributed by atoms with van der Waals surface area (Å²) in [6, 6.07) is 0. The summed E-state index contributed by atoms with van der Waals surface area (Å²) in [5.41, 5.74) is -3.21. The third kappa shape index (κ3) is 8.58. The number of H-pyrrole nitrogens is 5. The Balaban J connectivity index is 0.000000422. The number of hydrogen-bond acceptors (Lipinski definition) is 16. The number of aromatic amines is 5. The SMILES string of the molecule is C=C1N=C(O)C(=NNc2c(O)[nH]c(=O)[nH]c2=O)C(=O)N1.[C-]#[N+]Nc1nc(O)c(N=Nc2c(O)[nH]c(=O)[nH]c2=O)c(=O)[nH]1.[Ni].[Ni]. The maximum Gasteiger partial charge on any atom is 0.328 e. The molecule has 1 aliphatic rings. The number of anilines is 2. The van der Waals surface area contributed by atoms with Crippen LogP contribution in [0.5, 0.6) is 17.6 Å². The van der Waals surface area contributed by atoms with Gasteiger partial charge in [0.25, 0.3) is 28.5 Å². The minimum Gasteiger partial charge on any atom is -0.493 e. The molecular weight excluding hydrogens is 690 g/mol. The quantitative estimate of drug-likeness (QED) is 0.0558. The summed E-state index contributed by atoms with van der Waals surface area (Å²) in [6.07, 6.45) is 0. The van der Waals surface area contributed by atoms with Gasteiger partial charge in [-0.05, 0) is 0 Å². The zero-order chi connectivity index (χ0) is 31.1. The van der Waals surface area contributed by atoms with Gasteiger partial charge in [0.05, 0.1) is 0 Å². The molecule has 0 saturated carbocycles. The number of carbonyl (C=O) groups excluding carboxylic acids is 1. The molecule has 0 aliphatic carbocycles. The van der Waals surface area contributed by atoms with Gasteiger partial charge in [0.2, 0.25) is 40.6 Å². The molecule has 0 spiro atoms. The van der Waals surface area contributed by atoms with Crippen LogP contribution in [0.2, 0.25) is 0 Å². The average Bonchev–Trinajstić information content (AvgIpc) is 2.86. The standard InChI is InChI=1S/C9H6N8O5.C9H8N6O5.2Ni/c1-10-17-8-11-4(18)2(5(19)12-8)15-16-3-6(20)13-9(22)14-7(3)21;1-2-10-5(16)3(6(17)11-2)14-15-4-7(18)12-9(20)13-8(4)19;;/h(H3,11,12,17,18,19)(H3,13,14,20,21,22);15H,1H2,(H,10,16)(H,11,17)(H3,12,13,18,19,20);;. The molecule has 12 N–H and O–H groups in total. The summed E-state index contributed by atoms with van der Waals surface area (Å²) < 4.78 is 0. The van der Waals surface area contributed by atoms with E-state index in [0.29, 0.717) is 0 Å². The van der Waals surface area contributed by atoms with Gasteiger partial charge in [0, 0.05) is 33.0 Å². The van der Waals surface area contributed by atoms with Gasteiger partial charge in [0.15, 0.2) is 5.69 Å². The van der Waals surface area contributed by atoms with Crippen molar-refractivity contribution < 1.29 is 58.2 Å². The Morgan fingerprint density at radius 2 is 1.36 bits per heavy atom. The zero-order valence-electron chi connectivity index (χ0n) is 20.8. The number of aromatic nitrogens is 6. The Morgan fingerprint density at radius 3 is 1.91 bits per heavy atom. The number of rotatable bonds is 5. The second-order valence-corrected chi connectivity index (χ2v) is 7.16. The molecule has 1 amide bonds. The first-order valence-corrected chi connectivity index (χ1v) is 10.4. The molecule has 1 aliphatic heterocycles. The van der Waals surface area contributed by atoms with E-state index < -0.39 is 80.3 Å². The fraction of sp³-hybridized carbons (Fsp3) is 0. The van der Waals surface area contributed by atoms with Gasteiger partial charge < -0.3 is 25.7 Å². The van der Waals surface area contributed by atoms with Crippen molar-refractivity contribution in [2.75, 3.05) is 10.9 Å². The van der Waals surface area contributed by atoms with Crippen molar-refractivity contribution in [1.82, 2.24) is 35.2 Å². The smallest absolute Gasteiger partial charge is 0.328 e. The first-order valence-electron chi connectivity index (χ1n) is 10.4. The zero-order valence-corrected chi connectivity index (χ0v) is 22.7. The van der Waals surface area contributed by atoms with Gasteiger partial charge in [-0.15, -0.1) is 10.2 Å². The average molecular weight is 704 g/mol.